The molecule has 1 aromatic carbocycles. The number of esters is 2. The summed E-state index contributed by atoms with van der Waals surface area (Å²) >= 11 is 0. The molecule has 0 saturated carbocycles. The summed E-state index contributed by atoms with van der Waals surface area (Å²) in [7, 11) is 0. The van der Waals surface area contributed by atoms with E-state index in [0.717, 1.165) is 41.6 Å². The molecule has 3 amide bonds. The van der Waals surface area contributed by atoms with Crippen molar-refractivity contribution in [3.05, 3.63) is 61.7 Å². The van der Waals surface area contributed by atoms with Crippen LogP contribution in [0.1, 0.15) is 113 Å². The van der Waals surface area contributed by atoms with Crippen LogP contribution in [0.25, 0.3) is 22.3 Å². The Balaban J connectivity index is 1.10. The Morgan fingerprint density at radius 2 is 1.67 bits per heavy atom. The number of carboxylic acid groups (broad SMARTS) is 1. The van der Waals surface area contributed by atoms with Crippen molar-refractivity contribution in [1.29, 1.82) is 0 Å². The summed E-state index contributed by atoms with van der Waals surface area (Å²) in [6.45, 7) is 14.3. The summed E-state index contributed by atoms with van der Waals surface area (Å²) < 4.78 is 45.0. The number of benzene rings is 1. The van der Waals surface area contributed by atoms with E-state index in [4.69, 9.17) is 34.4 Å². The standard InChI is InChI=1S/C51H68FN7O13/c1-7-51(33-23-39-45-31(26-59(39)47(64)32(33)27-71-50(51)67)43-37(57(8-2)9-3)13-12-30-29(6)34(52)24-35(55-45)42(30)43)72-49(66)44(28(4)5)56-46(63)38-11-10-16-58(38)48(65)36(25-41(61)62)54-40(60)14-17-68-19-21-70-22-20-69-18-15-53/h23-24,28,36-38,44H,7-22,25-27,53H2,1-6H3,(H,54,60)(H,56,63)(H,61,62)/t36-,37-,38-,44-,51-/m0/s1. The molecule has 1 saturated heterocycles. The van der Waals surface area contributed by atoms with Gasteiger partial charge in [0, 0.05) is 48.1 Å². The third-order valence-corrected chi connectivity index (χ3v) is 14.4. The molecule has 392 valence electrons. The first kappa shape index (κ1) is 53.9. The number of carbonyl (C=O) groups is 6. The van der Waals surface area contributed by atoms with Crippen molar-refractivity contribution in [2.24, 2.45) is 11.7 Å². The molecule has 5 heterocycles. The van der Waals surface area contributed by atoms with Crippen LogP contribution in [0, 0.1) is 18.7 Å². The number of carbonyl (C=O) groups excluding carboxylic acids is 5. The van der Waals surface area contributed by atoms with Crippen molar-refractivity contribution >= 4 is 46.5 Å². The maximum atomic E-state index is 15.5. The van der Waals surface area contributed by atoms with Crippen molar-refractivity contribution in [3.8, 4) is 11.4 Å². The first-order valence-electron chi connectivity index (χ1n) is 25.1. The fraction of sp³-hybridized carbons (Fsp3) is 0.608. The van der Waals surface area contributed by atoms with Gasteiger partial charge in [-0.1, -0.05) is 34.6 Å². The van der Waals surface area contributed by atoms with Gasteiger partial charge in [-0.2, -0.15) is 0 Å². The lowest BCUT2D eigenvalue weighted by molar-refractivity contribution is -0.191. The third-order valence-electron chi connectivity index (χ3n) is 14.4. The Labute approximate surface area is 417 Å². The van der Waals surface area contributed by atoms with E-state index in [-0.39, 0.29) is 81.8 Å². The van der Waals surface area contributed by atoms with Crippen LogP contribution in [0.5, 0.6) is 0 Å². The average molecular weight is 1010 g/mol. The summed E-state index contributed by atoms with van der Waals surface area (Å²) in [5, 5.41) is 15.8. The lowest BCUT2D eigenvalue weighted by Gasteiger charge is -2.37. The molecule has 0 bridgehead atoms. The number of fused-ring (bicyclic) bond motifs is 5. The zero-order chi connectivity index (χ0) is 52.0. The molecule has 0 spiro atoms. The molecule has 7 rings (SSSR count). The number of nitrogens with zero attached hydrogens (tertiary/aromatic N) is 4. The van der Waals surface area contributed by atoms with Gasteiger partial charge >= 0.3 is 17.9 Å². The number of aliphatic carboxylic acids is 1. The lowest BCUT2D eigenvalue weighted by atomic mass is 9.81. The van der Waals surface area contributed by atoms with E-state index >= 15 is 4.39 Å². The Hall–Kier alpha value is -5.87. The fourth-order valence-electron chi connectivity index (χ4n) is 10.6. The molecule has 3 aromatic rings. The van der Waals surface area contributed by atoms with Gasteiger partial charge in [0.2, 0.25) is 23.3 Å². The smallest absolute Gasteiger partial charge is 0.355 e. The number of aromatic nitrogens is 2. The van der Waals surface area contributed by atoms with E-state index in [1.807, 2.05) is 0 Å². The molecule has 4 aliphatic rings. The number of pyridine rings is 2. The highest BCUT2D eigenvalue weighted by atomic mass is 19.1. The van der Waals surface area contributed by atoms with Crippen LogP contribution in [0.3, 0.4) is 0 Å². The zero-order valence-corrected chi connectivity index (χ0v) is 42.1. The normalized spacial score (nSPS) is 19.7. The molecule has 3 aliphatic heterocycles. The molecule has 0 unspecified atom stereocenters. The molecule has 0 radical (unpaired) electrons. The number of nitrogens with one attached hydrogen (secondary N) is 2. The summed E-state index contributed by atoms with van der Waals surface area (Å²) in [5.74, 6) is -6.43. The SMILES string of the molecule is CCN(CC)[C@H]1CCc2c(C)c(F)cc3nc4c(c1c23)Cn1c-4cc2c(c1=O)COC(=O)[C@@]2(CC)OC(=O)[C@@H](NC(=O)[C@@H]1CCCN1C(=O)[C@H](CC(=O)O)NC(=O)CCOCCOCCOCCN)C(C)C. The van der Waals surface area contributed by atoms with Gasteiger partial charge < -0.3 is 54.6 Å². The number of cyclic esters (lactones) is 1. The monoisotopic (exact) mass is 1010 g/mol. The highest BCUT2D eigenvalue weighted by Crippen LogP contribution is 2.48. The maximum absolute atomic E-state index is 15.5. The van der Waals surface area contributed by atoms with Crippen molar-refractivity contribution in [1.82, 2.24) is 30.0 Å². The third kappa shape index (κ3) is 10.8. The summed E-state index contributed by atoms with van der Waals surface area (Å²) in [6, 6.07) is -0.955. The topological polar surface area (TPSA) is 260 Å². The van der Waals surface area contributed by atoms with Gasteiger partial charge in [0.25, 0.3) is 5.56 Å². The largest absolute Gasteiger partial charge is 0.481 e. The van der Waals surface area contributed by atoms with Gasteiger partial charge in [0.1, 0.15) is 30.5 Å². The predicted octanol–water partition coefficient (Wildman–Crippen LogP) is 2.90. The van der Waals surface area contributed by atoms with E-state index in [1.165, 1.54) is 11.0 Å². The molecule has 2 aromatic heterocycles. The molecular weight excluding hydrogens is 938 g/mol. The molecule has 1 fully saturated rings. The highest BCUT2D eigenvalue weighted by Gasteiger charge is 2.52. The summed E-state index contributed by atoms with van der Waals surface area (Å²) in [5.41, 5.74) is 7.68. The van der Waals surface area contributed by atoms with E-state index in [9.17, 15) is 38.7 Å². The van der Waals surface area contributed by atoms with Crippen molar-refractivity contribution in [3.63, 3.8) is 0 Å². The number of aryl methyl sites for hydroxylation is 1. The van der Waals surface area contributed by atoms with Crippen LogP contribution < -0.4 is 21.9 Å². The van der Waals surface area contributed by atoms with Crippen molar-refractivity contribution in [2.75, 3.05) is 65.8 Å². The Morgan fingerprint density at radius 3 is 2.32 bits per heavy atom. The maximum Gasteiger partial charge on any atom is 0.355 e. The van der Waals surface area contributed by atoms with Gasteiger partial charge in [0.05, 0.1) is 75.1 Å². The molecular formula is C51H68FN7O13. The van der Waals surface area contributed by atoms with Crippen LogP contribution in [0.4, 0.5) is 4.39 Å². The molecule has 5 N–H and O–H groups in total. The number of likely N-dealkylation sites (tertiary alicyclic amines) is 1. The quantitative estimate of drug-likeness (QED) is 0.0581. The minimum absolute atomic E-state index is 0.0207. The second-order valence-electron chi connectivity index (χ2n) is 19.0. The van der Waals surface area contributed by atoms with Crippen molar-refractivity contribution in [2.45, 2.75) is 129 Å². The minimum atomic E-state index is -2.12. The first-order valence-corrected chi connectivity index (χ1v) is 25.1. The van der Waals surface area contributed by atoms with Crippen LogP contribution in [-0.4, -0.2) is 144 Å². The summed E-state index contributed by atoms with van der Waals surface area (Å²) in [6.07, 6.45) is 0.872. The number of amides is 3. The zero-order valence-electron chi connectivity index (χ0n) is 42.1. The van der Waals surface area contributed by atoms with Gasteiger partial charge in [0.15, 0.2) is 0 Å². The van der Waals surface area contributed by atoms with E-state index in [2.05, 4.69) is 29.4 Å². The highest BCUT2D eigenvalue weighted by molar-refractivity contribution is 5.97. The first-order chi connectivity index (χ1) is 34.5. The number of hydrogen-bond donors (Lipinski definition) is 4. The fourth-order valence-corrected chi connectivity index (χ4v) is 10.6. The molecule has 20 nitrogen and oxygen atoms in total. The van der Waals surface area contributed by atoms with Crippen molar-refractivity contribution < 1.29 is 61.9 Å². The van der Waals surface area contributed by atoms with Gasteiger partial charge in [-0.3, -0.25) is 28.9 Å². The predicted molar refractivity (Wildman–Crippen MR) is 259 cm³/mol. The number of halogens is 1. The Kier molecular flexibility index (Phi) is 17.5. The van der Waals surface area contributed by atoms with E-state index in [1.54, 1.807) is 38.3 Å². The Morgan fingerprint density at radius 1 is 0.972 bits per heavy atom. The molecule has 21 heteroatoms. The van der Waals surface area contributed by atoms with Gasteiger partial charge in [-0.05, 0) is 80.8 Å². The number of hydrogen-bond acceptors (Lipinski definition) is 15. The van der Waals surface area contributed by atoms with Crippen LogP contribution in [-0.2, 0) is 77.6 Å². The number of ether oxygens (including phenoxy) is 5. The molecule has 72 heavy (non-hydrogen) atoms. The Bertz CT molecular complexity index is 2640. The van der Waals surface area contributed by atoms with E-state index in [0.29, 0.717) is 61.7 Å². The molecule has 5 atom stereocenters. The van der Waals surface area contributed by atoms with Crippen LogP contribution >= 0.6 is 0 Å². The second-order valence-corrected chi connectivity index (χ2v) is 19.0. The van der Waals surface area contributed by atoms with Gasteiger partial charge in [-0.25, -0.2) is 19.0 Å². The van der Waals surface area contributed by atoms with Crippen LogP contribution in [0.15, 0.2) is 16.9 Å². The minimum Gasteiger partial charge on any atom is -0.481 e. The van der Waals surface area contributed by atoms with Gasteiger partial charge in [-0.15, -0.1) is 0 Å². The summed E-state index contributed by atoms with van der Waals surface area (Å²) in [4.78, 5) is 105. The number of carboxylic acids is 1. The average Bonchev–Trinajstić information content (AvgIpc) is 4.00. The number of rotatable bonds is 24. The molecule has 1 aliphatic carbocycles. The number of nitrogens with two attached hydrogens (primary N) is 1. The lowest BCUT2D eigenvalue weighted by Crippen LogP contribution is -2.57. The van der Waals surface area contributed by atoms with Crippen LogP contribution in [0.2, 0.25) is 0 Å². The van der Waals surface area contributed by atoms with E-state index < -0.39 is 77.3 Å². The second kappa shape index (κ2) is 23.3.